The van der Waals surface area contributed by atoms with Crippen LogP contribution in [0.15, 0.2) is 43.1 Å². The van der Waals surface area contributed by atoms with E-state index in [9.17, 15) is 5.11 Å². The molecule has 0 aliphatic carbocycles. The zero-order chi connectivity index (χ0) is 16.7. The molecule has 4 heteroatoms. The van der Waals surface area contributed by atoms with Crippen molar-refractivity contribution in [2.45, 2.75) is 25.0 Å². The van der Waals surface area contributed by atoms with Gasteiger partial charge in [0.05, 0.1) is 18.7 Å². The molecule has 126 valence electrons. The number of hydrogen-bond acceptors (Lipinski definition) is 4. The van der Waals surface area contributed by atoms with Gasteiger partial charge in [0.25, 0.3) is 0 Å². The quantitative estimate of drug-likeness (QED) is 0.878. The Morgan fingerprint density at radius 2 is 2.29 bits per heavy atom. The van der Waals surface area contributed by atoms with Crippen LogP contribution in [0.1, 0.15) is 24.5 Å². The van der Waals surface area contributed by atoms with E-state index in [2.05, 4.69) is 22.5 Å². The number of nitrogens with zero attached hydrogens (tertiary/aromatic N) is 2. The fraction of sp³-hybridized carbons (Fsp3) is 0.450. The molecule has 5 atom stereocenters. The van der Waals surface area contributed by atoms with Crippen LogP contribution >= 0.6 is 0 Å². The van der Waals surface area contributed by atoms with Crippen LogP contribution in [0, 0.1) is 11.8 Å². The summed E-state index contributed by atoms with van der Waals surface area (Å²) in [6.45, 7) is 6.06. The Labute approximate surface area is 142 Å². The van der Waals surface area contributed by atoms with Crippen LogP contribution < -0.4 is 4.74 Å². The Morgan fingerprint density at radius 1 is 1.42 bits per heavy atom. The molecule has 0 amide bonds. The first-order valence-electron chi connectivity index (χ1n) is 8.68. The standard InChI is InChI=1S/C20H24N2O2/c1-3-13-12-22-7-6-14(13)10-19(22)20(23)16-8-15-9-17(24-2)4-5-18(15)21-11-16/h3-5,8-9,11,13-14,19-20,23H,1,6-7,10,12H2,2H3. The lowest BCUT2D eigenvalue weighted by atomic mass is 9.74. The topological polar surface area (TPSA) is 45.6 Å². The zero-order valence-electron chi connectivity index (χ0n) is 14.1. The Bertz CT molecular complexity index is 760. The number of aliphatic hydroxyl groups excluding tert-OH is 1. The molecule has 1 N–H and O–H groups in total. The normalized spacial score (nSPS) is 30.2. The third-order valence-electron chi connectivity index (χ3n) is 5.77. The van der Waals surface area contributed by atoms with Gasteiger partial charge in [0.1, 0.15) is 5.75 Å². The van der Waals surface area contributed by atoms with Gasteiger partial charge in [-0.3, -0.25) is 9.88 Å². The Balaban J connectivity index is 1.61. The summed E-state index contributed by atoms with van der Waals surface area (Å²) in [5.74, 6) is 2.03. The lowest BCUT2D eigenvalue weighted by molar-refractivity contribution is -0.0449. The second kappa shape index (κ2) is 6.19. The van der Waals surface area contributed by atoms with Crippen LogP contribution in [0.5, 0.6) is 5.75 Å². The minimum Gasteiger partial charge on any atom is -0.497 e. The molecule has 4 heterocycles. The molecule has 2 bridgehead atoms. The average Bonchev–Trinajstić information content (AvgIpc) is 2.66. The lowest BCUT2D eigenvalue weighted by Crippen LogP contribution is -2.54. The van der Waals surface area contributed by atoms with Gasteiger partial charge >= 0.3 is 0 Å². The third kappa shape index (κ3) is 2.60. The number of pyridine rings is 1. The molecule has 1 aromatic carbocycles. The smallest absolute Gasteiger partial charge is 0.119 e. The SMILES string of the molecule is C=CC1CN2CCC1CC2C(O)c1cnc2ccc(OC)cc2c1. The van der Waals surface area contributed by atoms with Crippen LogP contribution in [0.2, 0.25) is 0 Å². The average molecular weight is 324 g/mol. The van der Waals surface area contributed by atoms with E-state index in [0.717, 1.165) is 41.7 Å². The van der Waals surface area contributed by atoms with E-state index in [0.29, 0.717) is 11.8 Å². The summed E-state index contributed by atoms with van der Waals surface area (Å²) < 4.78 is 5.30. The lowest BCUT2D eigenvalue weighted by Gasteiger charge is -2.50. The first-order chi connectivity index (χ1) is 11.7. The van der Waals surface area contributed by atoms with Gasteiger partial charge in [0, 0.05) is 29.7 Å². The Hall–Kier alpha value is -1.91. The maximum atomic E-state index is 11.0. The molecule has 3 saturated heterocycles. The maximum absolute atomic E-state index is 11.0. The summed E-state index contributed by atoms with van der Waals surface area (Å²) in [7, 11) is 1.66. The number of benzene rings is 1. The molecule has 3 aliphatic rings. The van der Waals surface area contributed by atoms with E-state index in [1.54, 1.807) is 7.11 Å². The number of piperidine rings is 3. The molecular weight excluding hydrogens is 300 g/mol. The number of methoxy groups -OCH3 is 1. The number of hydrogen-bond donors (Lipinski definition) is 1. The molecule has 3 aliphatic heterocycles. The van der Waals surface area contributed by atoms with Gasteiger partial charge in [0.2, 0.25) is 0 Å². The molecule has 2 aromatic rings. The van der Waals surface area contributed by atoms with Crippen molar-refractivity contribution >= 4 is 10.9 Å². The first-order valence-corrected chi connectivity index (χ1v) is 8.68. The van der Waals surface area contributed by atoms with E-state index in [1.165, 1.54) is 6.42 Å². The van der Waals surface area contributed by atoms with Crippen LogP contribution in [-0.2, 0) is 0 Å². The van der Waals surface area contributed by atoms with Crippen molar-refractivity contribution in [1.29, 1.82) is 0 Å². The van der Waals surface area contributed by atoms with Gasteiger partial charge in [-0.2, -0.15) is 0 Å². The molecule has 4 nitrogen and oxygen atoms in total. The fourth-order valence-corrected chi connectivity index (χ4v) is 4.34. The first kappa shape index (κ1) is 15.6. The molecule has 3 fully saturated rings. The summed E-state index contributed by atoms with van der Waals surface area (Å²) in [6.07, 6.45) is 5.65. The number of rotatable bonds is 4. The maximum Gasteiger partial charge on any atom is 0.119 e. The second-order valence-corrected chi connectivity index (χ2v) is 7.02. The molecule has 1 aromatic heterocycles. The Morgan fingerprint density at radius 3 is 3.00 bits per heavy atom. The second-order valence-electron chi connectivity index (χ2n) is 7.02. The monoisotopic (exact) mass is 324 g/mol. The number of ether oxygens (including phenoxy) is 1. The fourth-order valence-electron chi connectivity index (χ4n) is 4.34. The van der Waals surface area contributed by atoms with Crippen molar-refractivity contribution in [2.24, 2.45) is 11.8 Å². The van der Waals surface area contributed by atoms with Crippen molar-refractivity contribution in [3.63, 3.8) is 0 Å². The van der Waals surface area contributed by atoms with Crippen LogP contribution in [0.3, 0.4) is 0 Å². The molecule has 24 heavy (non-hydrogen) atoms. The predicted octanol–water partition coefficient (Wildman–Crippen LogP) is 3.17. The molecule has 5 unspecified atom stereocenters. The minimum absolute atomic E-state index is 0.185. The number of aliphatic hydroxyl groups is 1. The van der Waals surface area contributed by atoms with Crippen molar-refractivity contribution in [3.8, 4) is 5.75 Å². The highest BCUT2D eigenvalue weighted by Crippen LogP contribution is 2.41. The molecule has 0 saturated carbocycles. The summed E-state index contributed by atoms with van der Waals surface area (Å²) >= 11 is 0. The highest BCUT2D eigenvalue weighted by molar-refractivity contribution is 5.80. The minimum atomic E-state index is -0.498. The van der Waals surface area contributed by atoms with Gasteiger partial charge in [0.15, 0.2) is 0 Å². The summed E-state index contributed by atoms with van der Waals surface area (Å²) in [4.78, 5) is 6.94. The van der Waals surface area contributed by atoms with Gasteiger partial charge in [-0.1, -0.05) is 6.08 Å². The number of fused-ring (bicyclic) bond motifs is 4. The van der Waals surface area contributed by atoms with Crippen molar-refractivity contribution in [2.75, 3.05) is 20.2 Å². The highest BCUT2D eigenvalue weighted by atomic mass is 16.5. The summed E-state index contributed by atoms with van der Waals surface area (Å²) in [5.41, 5.74) is 1.81. The summed E-state index contributed by atoms with van der Waals surface area (Å²) in [5, 5.41) is 12.0. The molecule has 5 rings (SSSR count). The van der Waals surface area contributed by atoms with E-state index in [-0.39, 0.29) is 6.04 Å². The van der Waals surface area contributed by atoms with Crippen LogP contribution in [0.4, 0.5) is 0 Å². The van der Waals surface area contributed by atoms with E-state index < -0.39 is 6.10 Å². The number of aromatic nitrogens is 1. The van der Waals surface area contributed by atoms with Crippen LogP contribution in [0.25, 0.3) is 10.9 Å². The van der Waals surface area contributed by atoms with E-state index >= 15 is 0 Å². The molecule has 0 radical (unpaired) electrons. The Kier molecular flexibility index (Phi) is 4.02. The van der Waals surface area contributed by atoms with Crippen molar-refractivity contribution < 1.29 is 9.84 Å². The predicted molar refractivity (Wildman–Crippen MR) is 95.0 cm³/mol. The third-order valence-corrected chi connectivity index (χ3v) is 5.77. The molecule has 0 spiro atoms. The summed E-state index contributed by atoms with van der Waals surface area (Å²) in [6, 6.07) is 8.06. The highest BCUT2D eigenvalue weighted by Gasteiger charge is 2.42. The van der Waals surface area contributed by atoms with Crippen molar-refractivity contribution in [1.82, 2.24) is 9.88 Å². The van der Waals surface area contributed by atoms with Crippen LogP contribution in [-0.4, -0.2) is 41.2 Å². The van der Waals surface area contributed by atoms with Crippen molar-refractivity contribution in [3.05, 3.63) is 48.7 Å². The zero-order valence-corrected chi connectivity index (χ0v) is 14.1. The van der Waals surface area contributed by atoms with Gasteiger partial charge in [-0.05, 0) is 55.5 Å². The van der Waals surface area contributed by atoms with Gasteiger partial charge < -0.3 is 9.84 Å². The van der Waals surface area contributed by atoms with Gasteiger partial charge in [-0.25, -0.2) is 0 Å². The van der Waals surface area contributed by atoms with E-state index in [1.807, 2.05) is 30.5 Å². The van der Waals surface area contributed by atoms with E-state index in [4.69, 9.17) is 4.74 Å². The largest absolute Gasteiger partial charge is 0.497 e. The van der Waals surface area contributed by atoms with Gasteiger partial charge in [-0.15, -0.1) is 6.58 Å². The molecular formula is C20H24N2O2.